The van der Waals surface area contributed by atoms with Crippen molar-refractivity contribution in [3.05, 3.63) is 34.9 Å². The third-order valence-electron chi connectivity index (χ3n) is 2.57. The van der Waals surface area contributed by atoms with E-state index in [-0.39, 0.29) is 0 Å². The molecule has 0 unspecified atom stereocenters. The summed E-state index contributed by atoms with van der Waals surface area (Å²) in [5, 5.41) is 1.21. The number of thiol groups is 1. The summed E-state index contributed by atoms with van der Waals surface area (Å²) >= 11 is 11.2. The van der Waals surface area contributed by atoms with E-state index < -0.39 is 0 Å². The molecule has 0 saturated carbocycles. The van der Waals surface area contributed by atoms with Crippen LogP contribution in [0.3, 0.4) is 0 Å². The van der Waals surface area contributed by atoms with Crippen LogP contribution in [-0.4, -0.2) is 10.7 Å². The van der Waals surface area contributed by atoms with Crippen LogP contribution >= 0.6 is 36.6 Å². The molecule has 0 saturated heterocycles. The number of thiocarbonyl (C=S) groups is 1. The Morgan fingerprint density at radius 1 is 1.44 bits per heavy atom. The van der Waals surface area contributed by atoms with E-state index in [1.165, 1.54) is 15.6 Å². The first kappa shape index (κ1) is 12.0. The van der Waals surface area contributed by atoms with Crippen LogP contribution in [0.2, 0.25) is 0 Å². The van der Waals surface area contributed by atoms with Crippen molar-refractivity contribution in [3.8, 4) is 0 Å². The van der Waals surface area contributed by atoms with Crippen molar-refractivity contribution in [2.45, 2.75) is 18.7 Å². The highest BCUT2D eigenvalue weighted by Gasteiger charge is 2.25. The van der Waals surface area contributed by atoms with Crippen molar-refractivity contribution in [2.24, 2.45) is 0 Å². The second-order valence-corrected chi connectivity index (χ2v) is 5.74. The number of rotatable bonds is 2. The van der Waals surface area contributed by atoms with Gasteiger partial charge in [0.15, 0.2) is 0 Å². The number of benzene rings is 1. The molecular formula is C12H13NS3. The van der Waals surface area contributed by atoms with E-state index >= 15 is 0 Å². The fourth-order valence-corrected chi connectivity index (χ4v) is 3.29. The molecule has 1 heterocycles. The molecule has 16 heavy (non-hydrogen) atoms. The molecule has 0 spiro atoms. The highest BCUT2D eigenvalue weighted by atomic mass is 32.2. The van der Waals surface area contributed by atoms with E-state index in [1.807, 2.05) is 6.92 Å². The fourth-order valence-electron chi connectivity index (χ4n) is 1.72. The summed E-state index contributed by atoms with van der Waals surface area (Å²) in [5.74, 6) is 0. The fraction of sp³-hybridized carbons (Fsp3) is 0.250. The van der Waals surface area contributed by atoms with Crippen molar-refractivity contribution in [2.75, 3.05) is 11.4 Å². The normalized spacial score (nSPS) is 17.3. The lowest BCUT2D eigenvalue weighted by Crippen LogP contribution is -2.18. The van der Waals surface area contributed by atoms with Crippen LogP contribution < -0.4 is 4.90 Å². The number of nitrogens with zero attached hydrogens (tertiary/aromatic N) is 1. The molecule has 1 nitrogen and oxygen atoms in total. The second kappa shape index (κ2) is 4.82. The van der Waals surface area contributed by atoms with E-state index in [2.05, 4.69) is 48.7 Å². The zero-order valence-corrected chi connectivity index (χ0v) is 11.8. The minimum atomic E-state index is 0.675. The predicted octanol–water partition coefficient (Wildman–Crippen LogP) is 4.11. The maximum atomic E-state index is 5.13. The molecule has 0 aliphatic carbocycles. The zero-order valence-electron chi connectivity index (χ0n) is 9.23. The molecular weight excluding hydrogens is 254 g/mol. The number of anilines is 1. The second-order valence-electron chi connectivity index (χ2n) is 3.55. The Labute approximate surface area is 111 Å². The lowest BCUT2D eigenvalue weighted by atomic mass is 10.3. The van der Waals surface area contributed by atoms with Crippen molar-refractivity contribution in [1.82, 2.24) is 0 Å². The number of hydrogen-bond donors (Lipinski definition) is 1. The van der Waals surface area contributed by atoms with E-state index in [9.17, 15) is 0 Å². The molecule has 84 valence electrons. The van der Waals surface area contributed by atoms with Gasteiger partial charge in [-0.05, 0) is 26.0 Å². The summed E-state index contributed by atoms with van der Waals surface area (Å²) in [6.45, 7) is 5.14. The Balaban J connectivity index is 2.50. The van der Waals surface area contributed by atoms with Crippen LogP contribution in [-0.2, 0) is 0 Å². The van der Waals surface area contributed by atoms with Gasteiger partial charge < -0.3 is 4.90 Å². The molecule has 1 aromatic carbocycles. The number of thioether (sulfide) groups is 1. The Bertz CT molecular complexity index is 465. The molecule has 0 bridgehead atoms. The standard InChI is InChI=1S/C12H13NS3/c1-3-13-9-6-4-5-7-10(9)16-11(13)8(2)12(14)15/h4-7H,3H2,1-2H3,(H,14,15)/b11-8-. The van der Waals surface area contributed by atoms with Gasteiger partial charge in [-0.1, -0.05) is 36.1 Å². The maximum absolute atomic E-state index is 5.13. The third-order valence-corrected chi connectivity index (χ3v) is 4.49. The van der Waals surface area contributed by atoms with E-state index in [0.29, 0.717) is 4.20 Å². The van der Waals surface area contributed by atoms with Gasteiger partial charge >= 0.3 is 0 Å². The highest BCUT2D eigenvalue weighted by molar-refractivity contribution is 8.12. The molecule has 0 aromatic heterocycles. The average Bonchev–Trinajstić information content (AvgIpc) is 2.65. The monoisotopic (exact) mass is 267 g/mol. The molecule has 2 rings (SSSR count). The van der Waals surface area contributed by atoms with Gasteiger partial charge in [-0.3, -0.25) is 0 Å². The zero-order chi connectivity index (χ0) is 11.7. The Kier molecular flexibility index (Phi) is 3.62. The Morgan fingerprint density at radius 3 is 2.75 bits per heavy atom. The first-order valence-corrected chi connectivity index (χ1v) is 6.81. The summed E-state index contributed by atoms with van der Waals surface area (Å²) in [7, 11) is 0. The highest BCUT2D eigenvalue weighted by Crippen LogP contribution is 2.47. The summed E-state index contributed by atoms with van der Waals surface area (Å²) in [6, 6.07) is 8.43. The van der Waals surface area contributed by atoms with Crippen molar-refractivity contribution >= 4 is 46.5 Å². The summed E-state index contributed by atoms with van der Waals surface area (Å²) in [6.07, 6.45) is 0. The van der Waals surface area contributed by atoms with Gasteiger partial charge in [-0.2, -0.15) is 0 Å². The first-order valence-electron chi connectivity index (χ1n) is 5.13. The molecule has 4 heteroatoms. The van der Waals surface area contributed by atoms with E-state index in [1.54, 1.807) is 11.8 Å². The summed E-state index contributed by atoms with van der Waals surface area (Å²) < 4.78 is 0.675. The van der Waals surface area contributed by atoms with Crippen LogP contribution in [0.1, 0.15) is 13.8 Å². The number of para-hydroxylation sites is 1. The van der Waals surface area contributed by atoms with Gasteiger partial charge in [-0.25, -0.2) is 0 Å². The van der Waals surface area contributed by atoms with Crippen LogP contribution in [0.4, 0.5) is 5.69 Å². The molecule has 1 aliphatic rings. The van der Waals surface area contributed by atoms with Gasteiger partial charge in [0.1, 0.15) is 0 Å². The molecule has 0 radical (unpaired) electrons. The quantitative estimate of drug-likeness (QED) is 0.488. The molecule has 0 fully saturated rings. The Morgan fingerprint density at radius 2 is 2.12 bits per heavy atom. The van der Waals surface area contributed by atoms with Crippen molar-refractivity contribution in [1.29, 1.82) is 0 Å². The van der Waals surface area contributed by atoms with Gasteiger partial charge in [0.25, 0.3) is 0 Å². The molecule has 0 atom stereocenters. The van der Waals surface area contributed by atoms with Crippen molar-refractivity contribution in [3.63, 3.8) is 0 Å². The van der Waals surface area contributed by atoms with Gasteiger partial charge in [0.05, 0.1) is 14.9 Å². The van der Waals surface area contributed by atoms with Crippen molar-refractivity contribution < 1.29 is 0 Å². The number of fused-ring (bicyclic) bond motifs is 1. The van der Waals surface area contributed by atoms with E-state index in [0.717, 1.165) is 12.1 Å². The van der Waals surface area contributed by atoms with Gasteiger partial charge in [0.2, 0.25) is 0 Å². The predicted molar refractivity (Wildman–Crippen MR) is 79.6 cm³/mol. The summed E-state index contributed by atoms with van der Waals surface area (Å²) in [5.41, 5.74) is 2.36. The third kappa shape index (κ3) is 2.01. The van der Waals surface area contributed by atoms with Crippen LogP contribution in [0, 0.1) is 0 Å². The maximum Gasteiger partial charge on any atom is 0.0850 e. The molecule has 0 amide bonds. The lowest BCUT2D eigenvalue weighted by Gasteiger charge is -2.19. The SMILES string of the molecule is CCN1/C(=C(\C)C(=S)S)Sc2ccccc21. The lowest BCUT2D eigenvalue weighted by molar-refractivity contribution is 0.997. The Hall–Kier alpha value is -0.450. The van der Waals surface area contributed by atoms with Crippen LogP contribution in [0.15, 0.2) is 39.8 Å². The number of hydrogen-bond acceptors (Lipinski definition) is 3. The molecule has 0 N–H and O–H groups in total. The van der Waals surface area contributed by atoms with Gasteiger partial charge in [0, 0.05) is 17.0 Å². The average molecular weight is 267 g/mol. The largest absolute Gasteiger partial charge is 0.335 e. The summed E-state index contributed by atoms with van der Waals surface area (Å²) in [4.78, 5) is 3.58. The smallest absolute Gasteiger partial charge is 0.0850 e. The minimum absolute atomic E-state index is 0.675. The minimum Gasteiger partial charge on any atom is -0.335 e. The molecule has 1 aliphatic heterocycles. The van der Waals surface area contributed by atoms with Crippen LogP contribution in [0.25, 0.3) is 0 Å². The topological polar surface area (TPSA) is 3.24 Å². The van der Waals surface area contributed by atoms with Crippen LogP contribution in [0.5, 0.6) is 0 Å². The van der Waals surface area contributed by atoms with Gasteiger partial charge in [-0.15, -0.1) is 12.6 Å². The first-order chi connectivity index (χ1) is 7.65. The molecule has 1 aromatic rings. The van der Waals surface area contributed by atoms with E-state index in [4.69, 9.17) is 12.2 Å².